The van der Waals surface area contributed by atoms with Crippen molar-refractivity contribution in [1.82, 2.24) is 10.2 Å². The minimum absolute atomic E-state index is 0.0496. The molecular formula is C16H23ClN2OS. The second kappa shape index (κ2) is 7.52. The van der Waals surface area contributed by atoms with Gasteiger partial charge in [-0.25, -0.2) is 0 Å². The Labute approximate surface area is 136 Å². The summed E-state index contributed by atoms with van der Waals surface area (Å²) in [6.07, 6.45) is 0.967. The Kier molecular flexibility index (Phi) is 5.97. The zero-order valence-electron chi connectivity index (χ0n) is 12.8. The number of halogens is 1. The molecule has 1 N–H and O–H groups in total. The lowest BCUT2D eigenvalue weighted by Gasteiger charge is -2.30. The maximum Gasteiger partial charge on any atom is 0.241 e. The zero-order chi connectivity index (χ0) is 15.4. The summed E-state index contributed by atoms with van der Waals surface area (Å²) in [6, 6.07) is 7.84. The molecule has 5 heteroatoms. The molecule has 1 heterocycles. The summed E-state index contributed by atoms with van der Waals surface area (Å²) in [4.78, 5) is 14.5. The van der Waals surface area contributed by atoms with Crippen LogP contribution in [0.25, 0.3) is 0 Å². The SMILES string of the molecule is CCSCCC(C)N1C(=O)C(C)NC1c1ccc(Cl)cc1. The molecule has 0 radical (unpaired) electrons. The van der Waals surface area contributed by atoms with Gasteiger partial charge in [0.1, 0.15) is 6.17 Å². The van der Waals surface area contributed by atoms with E-state index in [-0.39, 0.29) is 24.2 Å². The lowest BCUT2D eigenvalue weighted by atomic mass is 10.1. The standard InChI is InChI=1S/C16H23ClN2OS/c1-4-21-10-9-11(2)19-15(18-12(3)16(19)20)13-5-7-14(17)8-6-13/h5-8,11-12,15,18H,4,9-10H2,1-3H3. The fourth-order valence-electron chi connectivity index (χ4n) is 2.65. The van der Waals surface area contributed by atoms with Gasteiger partial charge in [0.25, 0.3) is 0 Å². The van der Waals surface area contributed by atoms with E-state index in [1.54, 1.807) is 0 Å². The number of rotatable bonds is 6. The van der Waals surface area contributed by atoms with E-state index in [2.05, 4.69) is 19.2 Å². The molecule has 1 saturated heterocycles. The number of benzene rings is 1. The number of hydrogen-bond donors (Lipinski definition) is 1. The molecule has 3 nitrogen and oxygen atoms in total. The van der Waals surface area contributed by atoms with Crippen molar-refractivity contribution >= 4 is 29.3 Å². The summed E-state index contributed by atoms with van der Waals surface area (Å²) < 4.78 is 0. The van der Waals surface area contributed by atoms with E-state index in [4.69, 9.17) is 11.6 Å². The monoisotopic (exact) mass is 326 g/mol. The minimum atomic E-state index is -0.132. The molecule has 3 atom stereocenters. The number of nitrogens with zero attached hydrogens (tertiary/aromatic N) is 1. The van der Waals surface area contributed by atoms with Gasteiger partial charge in [-0.05, 0) is 49.5 Å². The summed E-state index contributed by atoms with van der Waals surface area (Å²) >= 11 is 7.88. The number of nitrogens with one attached hydrogen (secondary N) is 1. The van der Waals surface area contributed by atoms with Crippen molar-refractivity contribution in [1.29, 1.82) is 0 Å². The van der Waals surface area contributed by atoms with Gasteiger partial charge >= 0.3 is 0 Å². The highest BCUT2D eigenvalue weighted by Gasteiger charge is 2.39. The Bertz CT molecular complexity index is 480. The third-order valence-electron chi connectivity index (χ3n) is 3.86. The predicted octanol–water partition coefficient (Wildman–Crippen LogP) is 3.69. The van der Waals surface area contributed by atoms with Gasteiger partial charge in [0, 0.05) is 11.1 Å². The highest BCUT2D eigenvalue weighted by Crippen LogP contribution is 2.29. The molecule has 1 aromatic rings. The van der Waals surface area contributed by atoms with Crippen LogP contribution in [0.15, 0.2) is 24.3 Å². The average Bonchev–Trinajstić information content (AvgIpc) is 2.76. The first kappa shape index (κ1) is 16.7. The molecule has 1 fully saturated rings. The zero-order valence-corrected chi connectivity index (χ0v) is 14.4. The molecule has 1 aliphatic rings. The molecule has 0 aromatic heterocycles. The first-order valence-electron chi connectivity index (χ1n) is 7.46. The van der Waals surface area contributed by atoms with Crippen LogP contribution in [0.3, 0.4) is 0 Å². The molecule has 0 aliphatic carbocycles. The van der Waals surface area contributed by atoms with Gasteiger partial charge in [0.05, 0.1) is 6.04 Å². The second-order valence-corrected chi connectivity index (χ2v) is 7.25. The number of carbonyl (C=O) groups excluding carboxylic acids is 1. The molecule has 1 aromatic carbocycles. The van der Waals surface area contributed by atoms with Crippen LogP contribution in [0.5, 0.6) is 0 Å². The van der Waals surface area contributed by atoms with E-state index in [0.717, 1.165) is 28.5 Å². The summed E-state index contributed by atoms with van der Waals surface area (Å²) in [5, 5.41) is 4.10. The topological polar surface area (TPSA) is 32.3 Å². The summed E-state index contributed by atoms with van der Waals surface area (Å²) in [6.45, 7) is 6.23. The molecule has 0 bridgehead atoms. The Morgan fingerprint density at radius 2 is 2.05 bits per heavy atom. The number of thioether (sulfide) groups is 1. The Balaban J connectivity index is 2.14. The van der Waals surface area contributed by atoms with Crippen LogP contribution >= 0.6 is 23.4 Å². The molecule has 3 unspecified atom stereocenters. The minimum Gasteiger partial charge on any atom is -0.319 e. The van der Waals surface area contributed by atoms with Crippen LogP contribution in [-0.2, 0) is 4.79 Å². The van der Waals surface area contributed by atoms with Crippen LogP contribution in [0.2, 0.25) is 5.02 Å². The number of hydrogen-bond acceptors (Lipinski definition) is 3. The number of amides is 1. The molecule has 0 saturated carbocycles. The van der Waals surface area contributed by atoms with E-state index in [1.807, 2.05) is 47.9 Å². The molecule has 0 spiro atoms. The van der Waals surface area contributed by atoms with Gasteiger partial charge < -0.3 is 4.90 Å². The van der Waals surface area contributed by atoms with Crippen molar-refractivity contribution in [2.24, 2.45) is 0 Å². The van der Waals surface area contributed by atoms with Crippen molar-refractivity contribution < 1.29 is 4.79 Å². The summed E-state index contributed by atoms with van der Waals surface area (Å²) in [5.74, 6) is 2.39. The van der Waals surface area contributed by atoms with E-state index < -0.39 is 0 Å². The first-order chi connectivity index (χ1) is 10.0. The highest BCUT2D eigenvalue weighted by molar-refractivity contribution is 7.99. The van der Waals surface area contributed by atoms with Crippen LogP contribution in [0.1, 0.15) is 38.9 Å². The Morgan fingerprint density at radius 1 is 1.38 bits per heavy atom. The van der Waals surface area contributed by atoms with Crippen molar-refractivity contribution in [3.63, 3.8) is 0 Å². The number of carbonyl (C=O) groups is 1. The maximum absolute atomic E-state index is 12.5. The normalized spacial score (nSPS) is 23.6. The maximum atomic E-state index is 12.5. The Morgan fingerprint density at radius 3 is 2.67 bits per heavy atom. The molecule has 21 heavy (non-hydrogen) atoms. The quantitative estimate of drug-likeness (QED) is 0.809. The largest absolute Gasteiger partial charge is 0.319 e. The summed E-state index contributed by atoms with van der Waals surface area (Å²) in [7, 11) is 0. The van der Waals surface area contributed by atoms with Crippen molar-refractivity contribution in [2.75, 3.05) is 11.5 Å². The summed E-state index contributed by atoms with van der Waals surface area (Å²) in [5.41, 5.74) is 1.09. The van der Waals surface area contributed by atoms with Crippen molar-refractivity contribution in [3.8, 4) is 0 Å². The lowest BCUT2D eigenvalue weighted by Crippen LogP contribution is -2.38. The lowest BCUT2D eigenvalue weighted by molar-refractivity contribution is -0.131. The van der Waals surface area contributed by atoms with E-state index in [0.29, 0.717) is 0 Å². The van der Waals surface area contributed by atoms with Crippen LogP contribution < -0.4 is 5.32 Å². The van der Waals surface area contributed by atoms with Crippen LogP contribution in [-0.4, -0.2) is 34.4 Å². The molecular weight excluding hydrogens is 304 g/mol. The highest BCUT2D eigenvalue weighted by atomic mass is 35.5. The third-order valence-corrected chi connectivity index (χ3v) is 5.04. The van der Waals surface area contributed by atoms with Gasteiger partial charge in [-0.3, -0.25) is 10.1 Å². The van der Waals surface area contributed by atoms with E-state index in [1.165, 1.54) is 0 Å². The second-order valence-electron chi connectivity index (χ2n) is 5.42. The van der Waals surface area contributed by atoms with Crippen molar-refractivity contribution in [2.45, 2.75) is 45.4 Å². The molecule has 1 aliphatic heterocycles. The average molecular weight is 327 g/mol. The molecule has 2 rings (SSSR count). The predicted molar refractivity (Wildman–Crippen MR) is 90.7 cm³/mol. The van der Waals surface area contributed by atoms with Gasteiger partial charge in [-0.1, -0.05) is 30.7 Å². The Hall–Kier alpha value is -0.710. The third kappa shape index (κ3) is 3.93. The smallest absolute Gasteiger partial charge is 0.241 e. The van der Waals surface area contributed by atoms with Gasteiger partial charge in [0.15, 0.2) is 0 Å². The molecule has 1 amide bonds. The van der Waals surface area contributed by atoms with E-state index >= 15 is 0 Å². The van der Waals surface area contributed by atoms with Gasteiger partial charge in [-0.2, -0.15) is 11.8 Å². The first-order valence-corrected chi connectivity index (χ1v) is 8.99. The van der Waals surface area contributed by atoms with Gasteiger partial charge in [-0.15, -0.1) is 0 Å². The van der Waals surface area contributed by atoms with Crippen LogP contribution in [0, 0.1) is 0 Å². The fourth-order valence-corrected chi connectivity index (χ4v) is 3.57. The van der Waals surface area contributed by atoms with E-state index in [9.17, 15) is 4.79 Å². The molecule has 116 valence electrons. The van der Waals surface area contributed by atoms with Crippen molar-refractivity contribution in [3.05, 3.63) is 34.9 Å². The van der Waals surface area contributed by atoms with Gasteiger partial charge in [0.2, 0.25) is 5.91 Å². The fraction of sp³-hybridized carbons (Fsp3) is 0.562. The van der Waals surface area contributed by atoms with Crippen LogP contribution in [0.4, 0.5) is 0 Å².